The van der Waals surface area contributed by atoms with E-state index in [-0.39, 0.29) is 29.9 Å². The normalized spacial score (nSPS) is 16.9. The highest BCUT2D eigenvalue weighted by Gasteiger charge is 2.23. The number of rotatable bonds is 7. The molecule has 0 spiro atoms. The summed E-state index contributed by atoms with van der Waals surface area (Å²) >= 11 is 0. The van der Waals surface area contributed by atoms with E-state index in [4.69, 9.17) is 10.7 Å². The van der Waals surface area contributed by atoms with E-state index in [0.29, 0.717) is 18.9 Å². The molecular formula is C21H31IN6O. The van der Waals surface area contributed by atoms with Gasteiger partial charge in [-0.05, 0) is 36.8 Å². The van der Waals surface area contributed by atoms with Crippen LogP contribution in [-0.4, -0.2) is 46.0 Å². The Morgan fingerprint density at radius 2 is 2.07 bits per heavy atom. The van der Waals surface area contributed by atoms with Gasteiger partial charge in [-0.2, -0.15) is 0 Å². The van der Waals surface area contributed by atoms with Crippen molar-refractivity contribution in [2.45, 2.75) is 39.3 Å². The maximum Gasteiger partial charge on any atom is 0.217 e. The Bertz CT molecular complexity index is 775. The molecule has 1 aromatic carbocycles. The minimum atomic E-state index is -0.218. The molecule has 0 radical (unpaired) electrons. The van der Waals surface area contributed by atoms with Crippen molar-refractivity contribution < 1.29 is 4.79 Å². The fourth-order valence-corrected chi connectivity index (χ4v) is 3.64. The van der Waals surface area contributed by atoms with Gasteiger partial charge in [0, 0.05) is 45.0 Å². The second-order valence-corrected chi connectivity index (χ2v) is 7.35. The molecule has 1 fully saturated rings. The number of primary amides is 1. The molecule has 2 aromatic rings. The van der Waals surface area contributed by atoms with Crippen molar-refractivity contribution in [2.24, 2.45) is 16.6 Å². The fraction of sp³-hybridized carbons (Fsp3) is 0.476. The number of nitrogens with two attached hydrogens (primary N) is 1. The van der Waals surface area contributed by atoms with Crippen LogP contribution in [0.4, 0.5) is 0 Å². The number of piperidine rings is 1. The van der Waals surface area contributed by atoms with Crippen molar-refractivity contribution >= 4 is 35.8 Å². The van der Waals surface area contributed by atoms with Gasteiger partial charge in [0.05, 0.1) is 12.9 Å². The minimum absolute atomic E-state index is 0. The lowest BCUT2D eigenvalue weighted by molar-refractivity contribution is -0.119. The zero-order valence-electron chi connectivity index (χ0n) is 17.0. The van der Waals surface area contributed by atoms with Crippen LogP contribution in [0.3, 0.4) is 0 Å². The molecule has 0 bridgehead atoms. The van der Waals surface area contributed by atoms with E-state index in [0.717, 1.165) is 45.0 Å². The van der Waals surface area contributed by atoms with E-state index in [2.05, 4.69) is 51.0 Å². The molecule has 3 rings (SSSR count). The van der Waals surface area contributed by atoms with Gasteiger partial charge in [0.1, 0.15) is 0 Å². The van der Waals surface area contributed by atoms with E-state index in [9.17, 15) is 4.79 Å². The van der Waals surface area contributed by atoms with Crippen LogP contribution in [0.15, 0.2) is 48.0 Å². The van der Waals surface area contributed by atoms with Crippen molar-refractivity contribution in [1.82, 2.24) is 19.8 Å². The van der Waals surface area contributed by atoms with E-state index in [1.165, 1.54) is 11.1 Å². The monoisotopic (exact) mass is 510 g/mol. The van der Waals surface area contributed by atoms with Crippen LogP contribution >= 0.6 is 24.0 Å². The summed E-state index contributed by atoms with van der Waals surface area (Å²) in [5.41, 5.74) is 7.80. The zero-order chi connectivity index (χ0) is 19.8. The van der Waals surface area contributed by atoms with Crippen molar-refractivity contribution in [3.8, 4) is 0 Å². The quantitative estimate of drug-likeness (QED) is 0.341. The van der Waals surface area contributed by atoms with Crippen molar-refractivity contribution in [3.63, 3.8) is 0 Å². The summed E-state index contributed by atoms with van der Waals surface area (Å²) in [7, 11) is 0. The predicted octanol–water partition coefficient (Wildman–Crippen LogP) is 2.60. The number of aromatic nitrogens is 2. The lowest BCUT2D eigenvalue weighted by atomic mass is 9.95. The third-order valence-electron chi connectivity index (χ3n) is 5.00. The first kappa shape index (κ1) is 23.2. The van der Waals surface area contributed by atoms with Crippen LogP contribution in [0.5, 0.6) is 0 Å². The third-order valence-corrected chi connectivity index (χ3v) is 5.00. The average molecular weight is 510 g/mol. The summed E-state index contributed by atoms with van der Waals surface area (Å²) < 4.78 is 2.05. The molecule has 1 saturated heterocycles. The summed E-state index contributed by atoms with van der Waals surface area (Å²) in [6, 6.07) is 8.54. The number of amides is 1. The number of likely N-dealkylation sites (tertiary alicyclic amines) is 1. The number of guanidine groups is 1. The largest absolute Gasteiger partial charge is 0.370 e. The predicted molar refractivity (Wildman–Crippen MR) is 126 cm³/mol. The molecule has 2 heterocycles. The Kier molecular flexibility index (Phi) is 9.43. The molecule has 1 amide bonds. The first-order valence-corrected chi connectivity index (χ1v) is 9.99. The van der Waals surface area contributed by atoms with Gasteiger partial charge in [0.25, 0.3) is 0 Å². The van der Waals surface area contributed by atoms with E-state index in [1.807, 2.05) is 12.5 Å². The number of nitrogens with zero attached hydrogens (tertiary/aromatic N) is 4. The number of carbonyl (C=O) groups excluding carboxylic acids is 1. The van der Waals surface area contributed by atoms with E-state index < -0.39 is 0 Å². The van der Waals surface area contributed by atoms with Gasteiger partial charge >= 0.3 is 0 Å². The summed E-state index contributed by atoms with van der Waals surface area (Å²) in [4.78, 5) is 22.4. The van der Waals surface area contributed by atoms with Crippen molar-refractivity contribution in [2.75, 3.05) is 19.6 Å². The Balaban J connectivity index is 0.00000300. The van der Waals surface area contributed by atoms with Crippen LogP contribution in [0.1, 0.15) is 37.3 Å². The number of aliphatic imine (C=N–C) groups is 1. The van der Waals surface area contributed by atoms with Crippen LogP contribution in [0.25, 0.3) is 0 Å². The second kappa shape index (κ2) is 11.8. The highest BCUT2D eigenvalue weighted by atomic mass is 127. The standard InChI is InChI=1S/C21H30N6O.HI/c1-2-24-21(27-10-3-4-19(15-27)12-20(22)28)25-13-17-5-7-18(8-6-17)14-26-11-9-23-16-26;/h5-9,11,16,19H,2-4,10,12-15H2,1H3,(H2,22,28)(H,24,25);1H. The van der Waals surface area contributed by atoms with Gasteiger partial charge in [0.15, 0.2) is 5.96 Å². The molecule has 0 saturated carbocycles. The molecule has 1 unspecified atom stereocenters. The number of halogens is 1. The first-order valence-electron chi connectivity index (χ1n) is 9.99. The van der Waals surface area contributed by atoms with Crippen molar-refractivity contribution in [3.05, 3.63) is 54.1 Å². The summed E-state index contributed by atoms with van der Waals surface area (Å²) in [5, 5.41) is 3.39. The lowest BCUT2D eigenvalue weighted by Crippen LogP contribution is -2.47. The minimum Gasteiger partial charge on any atom is -0.370 e. The molecule has 158 valence electrons. The van der Waals surface area contributed by atoms with Gasteiger partial charge in [0.2, 0.25) is 5.91 Å². The molecule has 3 N–H and O–H groups in total. The molecule has 1 aliphatic rings. The molecule has 1 atom stereocenters. The van der Waals surface area contributed by atoms with Gasteiger partial charge < -0.3 is 20.5 Å². The summed E-state index contributed by atoms with van der Waals surface area (Å²) in [6.45, 7) is 6.14. The molecule has 7 nitrogen and oxygen atoms in total. The number of hydrogen-bond donors (Lipinski definition) is 2. The van der Waals surface area contributed by atoms with E-state index in [1.54, 1.807) is 6.20 Å². The summed E-state index contributed by atoms with van der Waals surface area (Å²) in [6.07, 6.45) is 8.15. The van der Waals surface area contributed by atoms with Gasteiger partial charge in [-0.1, -0.05) is 24.3 Å². The van der Waals surface area contributed by atoms with Crippen molar-refractivity contribution in [1.29, 1.82) is 0 Å². The number of nitrogens with one attached hydrogen (secondary N) is 1. The van der Waals surface area contributed by atoms with Crippen LogP contribution < -0.4 is 11.1 Å². The van der Waals surface area contributed by atoms with Crippen LogP contribution in [-0.2, 0) is 17.9 Å². The van der Waals surface area contributed by atoms with Gasteiger partial charge in [-0.25, -0.2) is 9.98 Å². The Morgan fingerprint density at radius 3 is 2.72 bits per heavy atom. The molecule has 1 aromatic heterocycles. The van der Waals surface area contributed by atoms with E-state index >= 15 is 0 Å². The van der Waals surface area contributed by atoms with Crippen LogP contribution in [0, 0.1) is 5.92 Å². The maximum atomic E-state index is 11.3. The second-order valence-electron chi connectivity index (χ2n) is 7.35. The highest BCUT2D eigenvalue weighted by molar-refractivity contribution is 14.0. The zero-order valence-corrected chi connectivity index (χ0v) is 19.3. The maximum absolute atomic E-state index is 11.3. The molecule has 1 aliphatic heterocycles. The van der Waals surface area contributed by atoms with Gasteiger partial charge in [-0.3, -0.25) is 4.79 Å². The smallest absolute Gasteiger partial charge is 0.217 e. The Hall–Kier alpha value is -2.10. The molecule has 8 heteroatoms. The lowest BCUT2D eigenvalue weighted by Gasteiger charge is -2.34. The summed E-state index contributed by atoms with van der Waals surface area (Å²) in [5.74, 6) is 1.02. The molecular weight excluding hydrogens is 479 g/mol. The number of imidazole rings is 1. The Morgan fingerprint density at radius 1 is 1.31 bits per heavy atom. The highest BCUT2D eigenvalue weighted by Crippen LogP contribution is 2.19. The molecule has 0 aliphatic carbocycles. The molecule has 29 heavy (non-hydrogen) atoms. The first-order chi connectivity index (χ1) is 13.6. The Labute approximate surface area is 189 Å². The number of carbonyl (C=O) groups is 1. The number of benzene rings is 1. The third kappa shape index (κ3) is 7.34. The van der Waals surface area contributed by atoms with Crippen LogP contribution in [0.2, 0.25) is 0 Å². The fourth-order valence-electron chi connectivity index (χ4n) is 3.64. The SMILES string of the molecule is CCNC(=NCc1ccc(Cn2ccnc2)cc1)N1CCCC(CC(N)=O)C1.I. The average Bonchev–Trinajstić information content (AvgIpc) is 3.19. The van der Waals surface area contributed by atoms with Gasteiger partial charge in [-0.15, -0.1) is 24.0 Å². The topological polar surface area (TPSA) is 88.5 Å². The number of hydrogen-bond acceptors (Lipinski definition) is 3.